The molecular weight excluding hydrogens is 254 g/mol. The Hall–Kier alpha value is 3.48. The van der Waals surface area contributed by atoms with Gasteiger partial charge >= 0.3 is 101 Å². The van der Waals surface area contributed by atoms with Crippen LogP contribution in [0.2, 0.25) is 0 Å². The molecule has 0 rings (SSSR count). The summed E-state index contributed by atoms with van der Waals surface area (Å²) in [4.78, 5) is 0. The molecule has 0 saturated heterocycles. The first kappa shape index (κ1) is 37.5. The van der Waals surface area contributed by atoms with Gasteiger partial charge in [0.2, 0.25) is 0 Å². The third-order valence-corrected chi connectivity index (χ3v) is 0. The van der Waals surface area contributed by atoms with Gasteiger partial charge in [-0.15, -0.1) is 24.8 Å². The molecule has 0 saturated carbocycles. The molecule has 10 heavy (non-hydrogen) atoms. The van der Waals surface area contributed by atoms with E-state index in [0.29, 0.717) is 0 Å². The molecule has 58 valence electrons. The predicted octanol–water partition coefficient (Wildman–Crippen LogP) is -2.29. The molecule has 0 atom stereocenters. The van der Waals surface area contributed by atoms with Gasteiger partial charge in [0.1, 0.15) is 0 Å². The number of hydrogen-bond acceptors (Lipinski definition) is 2. The molecule has 0 aromatic rings. The average Bonchev–Trinajstić information content (AvgIpc) is 0.722. The fraction of sp³-hybridized carbons (Fsp3) is 0. The topological polar surface area (TPSA) is 74.6 Å². The van der Waals surface area contributed by atoms with E-state index in [1.807, 2.05) is 0 Å². The Balaban J connectivity index is -0.00000000800. The quantitative estimate of drug-likeness (QED) is 0.381. The molecule has 0 amide bonds. The Bertz CT molecular complexity index is 106. The van der Waals surface area contributed by atoms with E-state index in [2.05, 4.69) is 0 Å². The third kappa shape index (κ3) is 104. The molecule has 0 aromatic heterocycles. The van der Waals surface area contributed by atoms with Crippen LogP contribution in [-0.2, 0) is 10.4 Å². The molecule has 0 radical (unpaired) electrons. The van der Waals surface area contributed by atoms with Gasteiger partial charge in [-0.1, -0.05) is 0 Å². The standard InChI is InChI=1S/Ca.2ClH.Mg.Na.H2O4S.5H/c;;;;;1-5(2,3)4;;;;;/h;2*1H;;;(H2,1,2,3,4);;;;;. The molecule has 0 aliphatic rings. The Morgan fingerprint density at radius 2 is 1.00 bits per heavy atom. The summed E-state index contributed by atoms with van der Waals surface area (Å²) in [6.45, 7) is 0. The molecule has 0 unspecified atom stereocenters. The summed E-state index contributed by atoms with van der Waals surface area (Å²) in [6.07, 6.45) is 0. The van der Waals surface area contributed by atoms with E-state index >= 15 is 0 Å². The number of hydrogen-bond donors (Lipinski definition) is 2. The van der Waals surface area contributed by atoms with Gasteiger partial charge in [0.05, 0.1) is 0 Å². The number of halogens is 2. The summed E-state index contributed by atoms with van der Waals surface area (Å²) >= 11 is 0. The van der Waals surface area contributed by atoms with E-state index in [9.17, 15) is 0 Å². The minimum atomic E-state index is -4.67. The van der Waals surface area contributed by atoms with Crippen molar-refractivity contribution >= 4 is 126 Å². The molecule has 0 heterocycles. The first-order valence-electron chi connectivity index (χ1n) is 0.698. The molecule has 0 fully saturated rings. The maximum atomic E-state index is 8.74. The van der Waals surface area contributed by atoms with E-state index in [0.717, 1.165) is 0 Å². The molecule has 0 aliphatic carbocycles. The van der Waals surface area contributed by atoms with Crippen molar-refractivity contribution in [1.29, 1.82) is 0 Å². The van der Waals surface area contributed by atoms with Crippen LogP contribution in [0.4, 0.5) is 0 Å². The first-order valence-corrected chi connectivity index (χ1v) is 2.10. The van der Waals surface area contributed by atoms with Crippen LogP contribution in [0.5, 0.6) is 0 Å². The molecule has 0 bridgehead atoms. The monoisotopic (exact) mass is 262 g/mol. The molecule has 2 N–H and O–H groups in total. The van der Waals surface area contributed by atoms with Crippen molar-refractivity contribution in [3.8, 4) is 0 Å². The zero-order valence-corrected chi connectivity index (χ0v) is 5.39. The van der Waals surface area contributed by atoms with Crippen molar-refractivity contribution in [2.45, 2.75) is 0 Å². The van der Waals surface area contributed by atoms with Gasteiger partial charge < -0.3 is 0 Å². The Kier molecular flexibility index (Phi) is 68.7. The molecule has 4 nitrogen and oxygen atoms in total. The van der Waals surface area contributed by atoms with Gasteiger partial charge in [0.25, 0.3) is 0 Å². The Labute approximate surface area is 140 Å². The normalized spacial score (nSPS) is 5.80. The minimum absolute atomic E-state index is 0. The van der Waals surface area contributed by atoms with E-state index in [1.165, 1.54) is 0 Å². The van der Waals surface area contributed by atoms with E-state index in [1.54, 1.807) is 0 Å². The van der Waals surface area contributed by atoms with Crippen molar-refractivity contribution in [1.82, 2.24) is 0 Å². The van der Waals surface area contributed by atoms with Crippen LogP contribution >= 0.6 is 24.8 Å². The van der Waals surface area contributed by atoms with Gasteiger partial charge in [0, 0.05) is 0 Å². The van der Waals surface area contributed by atoms with Crippen LogP contribution in [0, 0.1) is 0 Å². The van der Waals surface area contributed by atoms with Gasteiger partial charge in [-0.25, -0.2) is 0 Å². The average molecular weight is 263 g/mol. The SMILES string of the molecule is Cl.Cl.O=S(=O)(O)O.[CaH2].[MgH2].[NaH]. The van der Waals surface area contributed by atoms with Crippen molar-refractivity contribution in [3.63, 3.8) is 0 Å². The fourth-order valence-electron chi connectivity index (χ4n) is 0. The summed E-state index contributed by atoms with van der Waals surface area (Å²) in [6, 6.07) is 0. The molecule has 0 spiro atoms. The molecular formula is H9CaCl2MgNaO4S. The van der Waals surface area contributed by atoms with Crippen molar-refractivity contribution in [3.05, 3.63) is 0 Å². The van der Waals surface area contributed by atoms with Gasteiger partial charge in [-0.05, 0) is 0 Å². The summed E-state index contributed by atoms with van der Waals surface area (Å²) < 4.78 is 31.6. The van der Waals surface area contributed by atoms with Crippen molar-refractivity contribution < 1.29 is 17.5 Å². The maximum absolute atomic E-state index is 8.74. The first-order chi connectivity index (χ1) is 2.00. The van der Waals surface area contributed by atoms with Gasteiger partial charge in [0.15, 0.2) is 0 Å². The second-order valence-corrected chi connectivity index (χ2v) is 1.34. The van der Waals surface area contributed by atoms with Gasteiger partial charge in [-0.2, -0.15) is 8.42 Å². The van der Waals surface area contributed by atoms with E-state index in [4.69, 9.17) is 17.5 Å². The van der Waals surface area contributed by atoms with Crippen LogP contribution in [0.3, 0.4) is 0 Å². The summed E-state index contributed by atoms with van der Waals surface area (Å²) in [5.74, 6) is 0. The zero-order valence-electron chi connectivity index (χ0n) is 2.94. The van der Waals surface area contributed by atoms with E-state index < -0.39 is 10.4 Å². The van der Waals surface area contributed by atoms with Crippen LogP contribution in [0.1, 0.15) is 0 Å². The Morgan fingerprint density at radius 3 is 1.00 bits per heavy atom. The number of rotatable bonds is 0. The van der Waals surface area contributed by atoms with Crippen molar-refractivity contribution in [2.24, 2.45) is 0 Å². The predicted molar refractivity (Wildman–Crippen MR) is 52.9 cm³/mol. The van der Waals surface area contributed by atoms with E-state index in [-0.39, 0.29) is 115 Å². The molecule has 0 aliphatic heterocycles. The Morgan fingerprint density at radius 1 is 1.00 bits per heavy atom. The summed E-state index contributed by atoms with van der Waals surface area (Å²) in [5.41, 5.74) is 0. The van der Waals surface area contributed by atoms with Crippen LogP contribution in [0.25, 0.3) is 0 Å². The van der Waals surface area contributed by atoms with Crippen molar-refractivity contribution in [2.75, 3.05) is 0 Å². The van der Waals surface area contributed by atoms with Crippen LogP contribution in [-0.4, -0.2) is 108 Å². The molecule has 0 aromatic carbocycles. The third-order valence-electron chi connectivity index (χ3n) is 0. The van der Waals surface area contributed by atoms with Crippen LogP contribution in [0.15, 0.2) is 0 Å². The summed E-state index contributed by atoms with van der Waals surface area (Å²) in [5, 5.41) is 0. The summed E-state index contributed by atoms with van der Waals surface area (Å²) in [7, 11) is -4.67. The van der Waals surface area contributed by atoms with Gasteiger partial charge in [-0.3, -0.25) is 9.11 Å². The zero-order chi connectivity index (χ0) is 4.50. The second-order valence-electron chi connectivity index (χ2n) is 0.448. The van der Waals surface area contributed by atoms with Crippen LogP contribution < -0.4 is 0 Å². The fourth-order valence-corrected chi connectivity index (χ4v) is 0. The molecule has 10 heteroatoms. The second kappa shape index (κ2) is 18.3.